The Hall–Kier alpha value is -3.26. The molecule has 2 aromatic rings. The first-order chi connectivity index (χ1) is 14.5. The molecule has 0 saturated carbocycles. The average molecular weight is 428 g/mol. The highest BCUT2D eigenvalue weighted by Gasteiger charge is 2.13. The van der Waals surface area contributed by atoms with E-state index in [1.165, 1.54) is 0 Å². The third-order valence-corrected chi connectivity index (χ3v) is 4.28. The maximum atomic E-state index is 12.6. The molecule has 0 aromatic heterocycles. The third-order valence-electron chi connectivity index (χ3n) is 4.08. The average Bonchev–Trinajstić information content (AvgIpc) is 2.73. The van der Waals surface area contributed by atoms with Crippen LogP contribution in [0.4, 0.5) is 5.69 Å². The van der Waals surface area contributed by atoms with Crippen molar-refractivity contribution >= 4 is 40.8 Å². The zero-order valence-corrected chi connectivity index (χ0v) is 17.6. The molecule has 30 heavy (non-hydrogen) atoms. The predicted molar refractivity (Wildman–Crippen MR) is 119 cm³/mol. The molecule has 0 heterocycles. The molecule has 8 heteroatoms. The predicted octanol–water partition coefficient (Wildman–Crippen LogP) is 2.82. The summed E-state index contributed by atoms with van der Waals surface area (Å²) in [6.07, 6.45) is 0.655. The second kappa shape index (κ2) is 12.3. The van der Waals surface area contributed by atoms with Crippen LogP contribution in [0.25, 0.3) is 0 Å². The number of amides is 2. The van der Waals surface area contributed by atoms with Crippen LogP contribution in [0.3, 0.4) is 0 Å². The Labute approximate surface area is 181 Å². The zero-order chi connectivity index (χ0) is 21.8. The van der Waals surface area contributed by atoms with Gasteiger partial charge in [-0.1, -0.05) is 42.5 Å². The first kappa shape index (κ1) is 23.0. The Kier molecular flexibility index (Phi) is 9.47. The van der Waals surface area contributed by atoms with Crippen LogP contribution in [0.1, 0.15) is 35.7 Å². The molecule has 0 atom stereocenters. The Morgan fingerprint density at radius 3 is 2.40 bits per heavy atom. The summed E-state index contributed by atoms with van der Waals surface area (Å²) in [5.41, 5.74) is 2.02. The van der Waals surface area contributed by atoms with Crippen LogP contribution in [0.2, 0.25) is 0 Å². The van der Waals surface area contributed by atoms with Gasteiger partial charge in [0.25, 0.3) is 5.91 Å². The van der Waals surface area contributed by atoms with Gasteiger partial charge in [0, 0.05) is 13.0 Å². The molecule has 0 unspecified atom stereocenters. The minimum absolute atomic E-state index is 0.0251. The lowest BCUT2D eigenvalue weighted by Gasteiger charge is -2.13. The lowest BCUT2D eigenvalue weighted by atomic mass is 10.1. The largest absolute Gasteiger partial charge is 0.466 e. The van der Waals surface area contributed by atoms with E-state index in [1.54, 1.807) is 31.2 Å². The molecule has 7 nitrogen and oxygen atoms in total. The van der Waals surface area contributed by atoms with E-state index < -0.39 is 11.9 Å². The number of anilines is 1. The van der Waals surface area contributed by atoms with E-state index in [1.807, 2.05) is 30.3 Å². The van der Waals surface area contributed by atoms with Gasteiger partial charge in [0.05, 0.1) is 24.3 Å². The third kappa shape index (κ3) is 8.00. The van der Waals surface area contributed by atoms with Gasteiger partial charge in [-0.05, 0) is 43.3 Å². The number of carbonyl (C=O) groups excluding carboxylic acids is 3. The van der Waals surface area contributed by atoms with Crippen LogP contribution in [0, 0.1) is 0 Å². The van der Waals surface area contributed by atoms with E-state index >= 15 is 0 Å². The van der Waals surface area contributed by atoms with Gasteiger partial charge in [0.15, 0.2) is 5.11 Å². The minimum Gasteiger partial charge on any atom is -0.466 e. The van der Waals surface area contributed by atoms with Crippen molar-refractivity contribution in [3.63, 3.8) is 0 Å². The maximum absolute atomic E-state index is 12.6. The number of benzene rings is 2. The van der Waals surface area contributed by atoms with Crippen molar-refractivity contribution in [2.75, 3.05) is 18.5 Å². The first-order valence-electron chi connectivity index (χ1n) is 9.67. The fourth-order valence-electron chi connectivity index (χ4n) is 2.64. The number of ether oxygens (including phenoxy) is 1. The van der Waals surface area contributed by atoms with Crippen molar-refractivity contribution in [2.45, 2.75) is 26.2 Å². The fraction of sp³-hybridized carbons (Fsp3) is 0.273. The number of hydrogen-bond donors (Lipinski definition) is 3. The van der Waals surface area contributed by atoms with Gasteiger partial charge in [-0.15, -0.1) is 0 Å². The summed E-state index contributed by atoms with van der Waals surface area (Å²) in [6, 6.07) is 16.7. The summed E-state index contributed by atoms with van der Waals surface area (Å²) >= 11 is 5.15. The van der Waals surface area contributed by atoms with Gasteiger partial charge < -0.3 is 20.7 Å². The molecular formula is C22H25N3O4S. The van der Waals surface area contributed by atoms with Gasteiger partial charge >= 0.3 is 5.97 Å². The molecule has 2 aromatic carbocycles. The minimum atomic E-state index is -0.441. The highest BCUT2D eigenvalue weighted by molar-refractivity contribution is 7.80. The number of thiocarbonyl (C=S) groups is 1. The van der Waals surface area contributed by atoms with Crippen molar-refractivity contribution in [3.8, 4) is 0 Å². The monoisotopic (exact) mass is 427 g/mol. The standard InChI is InChI=1S/C22H25N3O4S/c1-2-29-20(27)13-12-19(26)25-22(30)24-18-11-7-6-10-17(18)21(28)23-15-14-16-8-4-3-5-9-16/h3-11H,2,12-15H2,1H3,(H,23,28)(H2,24,25,26,30). The van der Waals surface area contributed by atoms with Crippen LogP contribution in [0.5, 0.6) is 0 Å². The van der Waals surface area contributed by atoms with Crippen LogP contribution in [-0.4, -0.2) is 36.0 Å². The lowest BCUT2D eigenvalue weighted by Crippen LogP contribution is -2.35. The topological polar surface area (TPSA) is 96.5 Å². The van der Waals surface area contributed by atoms with Crippen molar-refractivity contribution in [1.29, 1.82) is 0 Å². The number of hydrogen-bond acceptors (Lipinski definition) is 5. The zero-order valence-electron chi connectivity index (χ0n) is 16.8. The number of esters is 1. The van der Waals surface area contributed by atoms with E-state index in [-0.39, 0.29) is 30.5 Å². The van der Waals surface area contributed by atoms with Gasteiger partial charge in [-0.25, -0.2) is 0 Å². The molecule has 2 rings (SSSR count). The molecule has 3 N–H and O–H groups in total. The smallest absolute Gasteiger partial charge is 0.306 e. The van der Waals surface area contributed by atoms with E-state index in [2.05, 4.69) is 16.0 Å². The molecule has 0 saturated heterocycles. The molecule has 2 amide bonds. The number of para-hydroxylation sites is 1. The Bertz CT molecular complexity index is 887. The molecule has 0 bridgehead atoms. The van der Waals surface area contributed by atoms with E-state index in [9.17, 15) is 14.4 Å². The normalized spacial score (nSPS) is 10.0. The van der Waals surface area contributed by atoms with Crippen LogP contribution in [0.15, 0.2) is 54.6 Å². The van der Waals surface area contributed by atoms with E-state index in [0.717, 1.165) is 12.0 Å². The lowest BCUT2D eigenvalue weighted by molar-refractivity contribution is -0.144. The number of nitrogens with one attached hydrogen (secondary N) is 3. The van der Waals surface area contributed by atoms with E-state index in [4.69, 9.17) is 17.0 Å². The van der Waals surface area contributed by atoms with Crippen molar-refractivity contribution < 1.29 is 19.1 Å². The molecule has 0 aliphatic heterocycles. The summed E-state index contributed by atoms with van der Waals surface area (Å²) in [5, 5.41) is 8.30. The van der Waals surface area contributed by atoms with Gasteiger partial charge in [-0.3, -0.25) is 14.4 Å². The van der Waals surface area contributed by atoms with Crippen molar-refractivity contribution in [2.24, 2.45) is 0 Å². The Morgan fingerprint density at radius 1 is 0.967 bits per heavy atom. The second-order valence-corrected chi connectivity index (χ2v) is 6.75. The molecular weight excluding hydrogens is 402 g/mol. The first-order valence-corrected chi connectivity index (χ1v) is 10.1. The summed E-state index contributed by atoms with van der Waals surface area (Å²) < 4.78 is 4.78. The SMILES string of the molecule is CCOC(=O)CCC(=O)NC(=S)Nc1ccccc1C(=O)NCCc1ccccc1. The highest BCUT2D eigenvalue weighted by atomic mass is 32.1. The Morgan fingerprint density at radius 2 is 1.67 bits per heavy atom. The summed E-state index contributed by atoms with van der Waals surface area (Å²) in [5.74, 6) is -1.10. The summed E-state index contributed by atoms with van der Waals surface area (Å²) in [7, 11) is 0. The van der Waals surface area contributed by atoms with Crippen molar-refractivity contribution in [1.82, 2.24) is 10.6 Å². The molecule has 0 spiro atoms. The fourth-order valence-corrected chi connectivity index (χ4v) is 2.87. The molecule has 0 aliphatic rings. The molecule has 158 valence electrons. The highest BCUT2D eigenvalue weighted by Crippen LogP contribution is 2.15. The second-order valence-electron chi connectivity index (χ2n) is 6.34. The summed E-state index contributed by atoms with van der Waals surface area (Å²) in [6.45, 7) is 2.46. The quantitative estimate of drug-likeness (QED) is 0.421. The van der Waals surface area contributed by atoms with Gasteiger partial charge in [-0.2, -0.15) is 0 Å². The molecule has 0 radical (unpaired) electrons. The van der Waals surface area contributed by atoms with Crippen molar-refractivity contribution in [3.05, 3.63) is 65.7 Å². The van der Waals surface area contributed by atoms with E-state index in [0.29, 0.717) is 17.8 Å². The summed E-state index contributed by atoms with van der Waals surface area (Å²) in [4.78, 5) is 35.8. The number of rotatable bonds is 9. The van der Waals surface area contributed by atoms with Crippen LogP contribution >= 0.6 is 12.2 Å². The van der Waals surface area contributed by atoms with Gasteiger partial charge in [0.1, 0.15) is 0 Å². The number of carbonyl (C=O) groups is 3. The van der Waals surface area contributed by atoms with Crippen LogP contribution < -0.4 is 16.0 Å². The maximum Gasteiger partial charge on any atom is 0.306 e. The molecule has 0 aliphatic carbocycles. The molecule has 0 fully saturated rings. The van der Waals surface area contributed by atoms with Gasteiger partial charge in [0.2, 0.25) is 5.91 Å². The van der Waals surface area contributed by atoms with Crippen LogP contribution in [-0.2, 0) is 20.7 Å². The Balaban J connectivity index is 1.86.